The van der Waals surface area contributed by atoms with E-state index in [4.69, 9.17) is 0 Å². The molecule has 0 unspecified atom stereocenters. The van der Waals surface area contributed by atoms with Crippen molar-refractivity contribution >= 4 is 23.2 Å². The number of phenolic OH excluding ortho intramolecular Hbond substituents is 2. The smallest absolute Gasteiger partial charge is 0.251 e. The lowest BCUT2D eigenvalue weighted by Gasteiger charge is -2.14. The number of benzene rings is 4. The van der Waals surface area contributed by atoms with E-state index in [9.17, 15) is 15.0 Å². The zero-order valence-electron chi connectivity index (χ0n) is 18.8. The molecule has 0 saturated carbocycles. The molecule has 0 aliphatic heterocycles. The van der Waals surface area contributed by atoms with Crippen LogP contribution in [0.15, 0.2) is 107 Å². The molecule has 0 spiro atoms. The molecule has 4 nitrogen and oxygen atoms in total. The molecule has 0 aromatic heterocycles. The van der Waals surface area contributed by atoms with Gasteiger partial charge in [0.15, 0.2) is 0 Å². The summed E-state index contributed by atoms with van der Waals surface area (Å²) in [7, 11) is 0. The molecule has 34 heavy (non-hydrogen) atoms. The second-order valence-electron chi connectivity index (χ2n) is 7.92. The van der Waals surface area contributed by atoms with Crippen LogP contribution < -0.4 is 5.32 Å². The van der Waals surface area contributed by atoms with Gasteiger partial charge in [0.2, 0.25) is 0 Å². The van der Waals surface area contributed by atoms with Crippen LogP contribution in [0.3, 0.4) is 0 Å². The number of aryl methyl sites for hydroxylation is 1. The van der Waals surface area contributed by atoms with Gasteiger partial charge in [-0.15, -0.1) is 0 Å². The second-order valence-corrected chi connectivity index (χ2v) is 9.00. The van der Waals surface area contributed by atoms with Crippen LogP contribution in [-0.4, -0.2) is 16.1 Å². The number of nitrogens with one attached hydrogen (secondary N) is 1. The first-order valence-corrected chi connectivity index (χ1v) is 11.7. The van der Waals surface area contributed by atoms with Crippen LogP contribution in [0.1, 0.15) is 32.6 Å². The van der Waals surface area contributed by atoms with Crippen molar-refractivity contribution in [2.75, 3.05) is 0 Å². The maximum Gasteiger partial charge on any atom is 0.251 e. The summed E-state index contributed by atoms with van der Waals surface area (Å²) < 4.78 is 0. The molecule has 0 radical (unpaired) electrons. The Kier molecular flexibility index (Phi) is 7.04. The zero-order valence-corrected chi connectivity index (χ0v) is 19.6. The molecule has 0 aliphatic carbocycles. The maximum absolute atomic E-state index is 12.7. The Hall–Kier alpha value is -3.96. The molecular weight excluding hydrogens is 442 g/mol. The van der Waals surface area contributed by atoms with Gasteiger partial charge in [-0.1, -0.05) is 66.9 Å². The molecule has 0 heterocycles. The summed E-state index contributed by atoms with van der Waals surface area (Å²) in [6.45, 7) is 6.46. The van der Waals surface area contributed by atoms with Crippen LogP contribution in [0.25, 0.3) is 5.57 Å². The van der Waals surface area contributed by atoms with Crippen LogP contribution in [0.4, 0.5) is 0 Å². The van der Waals surface area contributed by atoms with Crippen molar-refractivity contribution in [2.24, 2.45) is 0 Å². The fraction of sp³-hybridized carbons (Fsp3) is 0.0690. The van der Waals surface area contributed by atoms with Crippen molar-refractivity contribution in [2.45, 2.75) is 23.3 Å². The standard InChI is InChI=1S/C29H25NO3S/c1-19-16-22(29(33)30-18-23-12-14-24(31)17-26(23)32)13-15-27(19)34-28-11-7-6-10-25(28)20(2)21-8-4-3-5-9-21/h3-17,31-32H,2,18H2,1H3,(H,30,33). The Morgan fingerprint density at radius 2 is 1.59 bits per heavy atom. The number of aromatic hydroxyl groups is 2. The van der Waals surface area contributed by atoms with E-state index in [0.717, 1.165) is 32.1 Å². The van der Waals surface area contributed by atoms with Gasteiger partial charge < -0.3 is 15.5 Å². The molecule has 4 aromatic carbocycles. The fourth-order valence-corrected chi connectivity index (χ4v) is 4.64. The summed E-state index contributed by atoms with van der Waals surface area (Å²) in [6, 6.07) is 28.2. The van der Waals surface area contributed by atoms with Gasteiger partial charge in [0.05, 0.1) is 0 Å². The minimum atomic E-state index is -0.231. The Morgan fingerprint density at radius 3 is 2.32 bits per heavy atom. The van der Waals surface area contributed by atoms with Crippen molar-refractivity contribution in [3.05, 3.63) is 125 Å². The Labute approximate surface area is 203 Å². The predicted octanol–water partition coefficient (Wildman–Crippen LogP) is 6.55. The molecule has 0 aliphatic rings. The van der Waals surface area contributed by atoms with E-state index in [-0.39, 0.29) is 24.0 Å². The van der Waals surface area contributed by atoms with Crippen LogP contribution in [0, 0.1) is 6.92 Å². The first-order valence-electron chi connectivity index (χ1n) is 10.8. The van der Waals surface area contributed by atoms with Gasteiger partial charge in [0.1, 0.15) is 11.5 Å². The number of carbonyl (C=O) groups excluding carboxylic acids is 1. The number of hydrogen-bond acceptors (Lipinski definition) is 4. The van der Waals surface area contributed by atoms with E-state index >= 15 is 0 Å². The van der Waals surface area contributed by atoms with Crippen molar-refractivity contribution in [1.82, 2.24) is 5.32 Å². The number of phenols is 2. The third kappa shape index (κ3) is 5.33. The summed E-state index contributed by atoms with van der Waals surface area (Å²) in [5.74, 6) is -0.311. The molecule has 0 atom stereocenters. The predicted molar refractivity (Wildman–Crippen MR) is 137 cm³/mol. The first kappa shape index (κ1) is 23.2. The minimum absolute atomic E-state index is 0.0230. The molecule has 4 rings (SSSR count). The summed E-state index contributed by atoms with van der Waals surface area (Å²) in [4.78, 5) is 14.8. The molecule has 0 saturated heterocycles. The molecule has 1 amide bonds. The third-order valence-corrected chi connectivity index (χ3v) is 6.75. The van der Waals surface area contributed by atoms with Gasteiger partial charge in [-0.05, 0) is 65.6 Å². The largest absolute Gasteiger partial charge is 0.508 e. The van der Waals surface area contributed by atoms with Gasteiger partial charge in [0.25, 0.3) is 5.91 Å². The molecule has 170 valence electrons. The summed E-state index contributed by atoms with van der Waals surface area (Å²) >= 11 is 1.65. The molecule has 0 bridgehead atoms. The number of rotatable bonds is 7. The normalized spacial score (nSPS) is 10.6. The van der Waals surface area contributed by atoms with Gasteiger partial charge in [-0.2, -0.15) is 0 Å². The third-order valence-electron chi connectivity index (χ3n) is 5.50. The Bertz CT molecular complexity index is 1350. The SMILES string of the molecule is C=C(c1ccccc1)c1ccccc1Sc1ccc(C(=O)NCc2ccc(O)cc2O)cc1C. The molecule has 5 heteroatoms. The topological polar surface area (TPSA) is 69.6 Å². The minimum Gasteiger partial charge on any atom is -0.508 e. The van der Waals surface area contributed by atoms with E-state index in [2.05, 4.69) is 36.2 Å². The van der Waals surface area contributed by atoms with Crippen molar-refractivity contribution in [3.8, 4) is 11.5 Å². The summed E-state index contributed by atoms with van der Waals surface area (Å²) in [6.07, 6.45) is 0. The highest BCUT2D eigenvalue weighted by Gasteiger charge is 2.13. The lowest BCUT2D eigenvalue weighted by atomic mass is 10.00. The second kappa shape index (κ2) is 10.3. The maximum atomic E-state index is 12.7. The van der Waals surface area contributed by atoms with Crippen LogP contribution >= 0.6 is 11.8 Å². The average molecular weight is 468 g/mol. The highest BCUT2D eigenvalue weighted by atomic mass is 32.2. The summed E-state index contributed by atoms with van der Waals surface area (Å²) in [5, 5.41) is 22.1. The van der Waals surface area contributed by atoms with Crippen LogP contribution in [-0.2, 0) is 6.54 Å². The highest BCUT2D eigenvalue weighted by molar-refractivity contribution is 7.99. The van der Waals surface area contributed by atoms with E-state index in [1.165, 1.54) is 12.1 Å². The van der Waals surface area contributed by atoms with Gasteiger partial charge in [-0.3, -0.25) is 4.79 Å². The molecule has 0 fully saturated rings. The van der Waals surface area contributed by atoms with Gasteiger partial charge in [0, 0.05) is 33.5 Å². The Morgan fingerprint density at radius 1 is 0.853 bits per heavy atom. The van der Waals surface area contributed by atoms with E-state index in [1.807, 2.05) is 49.4 Å². The first-order chi connectivity index (χ1) is 16.4. The average Bonchev–Trinajstić information content (AvgIpc) is 2.85. The van der Waals surface area contributed by atoms with Crippen LogP contribution in [0.2, 0.25) is 0 Å². The number of amides is 1. The fourth-order valence-electron chi connectivity index (χ4n) is 3.60. The Balaban J connectivity index is 1.49. The quantitative estimate of drug-likeness (QED) is 0.288. The van der Waals surface area contributed by atoms with Gasteiger partial charge in [-0.25, -0.2) is 0 Å². The number of hydrogen-bond donors (Lipinski definition) is 3. The molecule has 4 aromatic rings. The summed E-state index contributed by atoms with van der Waals surface area (Å²) in [5.41, 5.74) is 5.19. The van der Waals surface area contributed by atoms with Crippen molar-refractivity contribution in [3.63, 3.8) is 0 Å². The van der Waals surface area contributed by atoms with Crippen molar-refractivity contribution in [1.29, 1.82) is 0 Å². The van der Waals surface area contributed by atoms with Gasteiger partial charge >= 0.3 is 0 Å². The zero-order chi connectivity index (χ0) is 24.1. The van der Waals surface area contributed by atoms with E-state index in [1.54, 1.807) is 23.9 Å². The van der Waals surface area contributed by atoms with E-state index in [0.29, 0.717) is 11.1 Å². The lowest BCUT2D eigenvalue weighted by molar-refractivity contribution is 0.0950. The van der Waals surface area contributed by atoms with Crippen LogP contribution in [0.5, 0.6) is 11.5 Å². The number of carbonyl (C=O) groups is 1. The highest BCUT2D eigenvalue weighted by Crippen LogP contribution is 2.37. The molecule has 3 N–H and O–H groups in total. The monoisotopic (exact) mass is 467 g/mol. The van der Waals surface area contributed by atoms with E-state index < -0.39 is 0 Å². The molecular formula is C29H25NO3S. The lowest BCUT2D eigenvalue weighted by Crippen LogP contribution is -2.22. The van der Waals surface area contributed by atoms with Crippen molar-refractivity contribution < 1.29 is 15.0 Å².